The minimum absolute atomic E-state index is 0.138. The number of amides is 1. The van der Waals surface area contributed by atoms with Crippen LogP contribution in [0.4, 0.5) is 5.69 Å². The Hall–Kier alpha value is -3.60. The zero-order valence-electron chi connectivity index (χ0n) is 14.7. The van der Waals surface area contributed by atoms with Crippen LogP contribution in [0.5, 0.6) is 0 Å². The van der Waals surface area contributed by atoms with E-state index in [0.717, 1.165) is 0 Å². The van der Waals surface area contributed by atoms with Crippen molar-refractivity contribution in [1.82, 2.24) is 4.90 Å². The maximum atomic E-state index is 13.4. The summed E-state index contributed by atoms with van der Waals surface area (Å²) < 4.78 is 0. The van der Waals surface area contributed by atoms with Crippen molar-refractivity contribution >= 4 is 11.6 Å². The highest BCUT2D eigenvalue weighted by Crippen LogP contribution is 2.61. The molecule has 2 heterocycles. The van der Waals surface area contributed by atoms with Crippen LogP contribution >= 0.6 is 0 Å². The van der Waals surface area contributed by atoms with Gasteiger partial charge in [-0.25, -0.2) is 0 Å². The van der Waals surface area contributed by atoms with Crippen molar-refractivity contribution in [3.63, 3.8) is 0 Å². The molecule has 3 aliphatic rings. The number of benzene rings is 1. The first-order valence-corrected chi connectivity index (χ1v) is 8.50. The van der Waals surface area contributed by atoms with Gasteiger partial charge >= 0.3 is 0 Å². The molecule has 1 amide bonds. The lowest BCUT2D eigenvalue weighted by molar-refractivity contribution is -0.125. The van der Waals surface area contributed by atoms with Crippen LogP contribution < -0.4 is 11.1 Å². The summed E-state index contributed by atoms with van der Waals surface area (Å²) in [6, 6.07) is 13.2. The van der Waals surface area contributed by atoms with Crippen molar-refractivity contribution in [2.75, 3.05) is 25.5 Å². The van der Waals surface area contributed by atoms with Crippen LogP contribution in [0.25, 0.3) is 0 Å². The van der Waals surface area contributed by atoms with Crippen molar-refractivity contribution in [3.8, 4) is 18.2 Å². The molecule has 3 N–H and O–H groups in total. The number of allylic oxidation sites excluding steroid dienone is 2. The first-order chi connectivity index (χ1) is 13.0. The highest BCUT2D eigenvalue weighted by atomic mass is 16.2. The van der Waals surface area contributed by atoms with E-state index in [2.05, 4.69) is 11.4 Å². The lowest BCUT2D eigenvalue weighted by Gasteiger charge is -2.50. The van der Waals surface area contributed by atoms with Gasteiger partial charge in [0.25, 0.3) is 0 Å². The van der Waals surface area contributed by atoms with E-state index in [1.165, 1.54) is 0 Å². The number of carbonyl (C=O) groups excluding carboxylic acids is 1. The van der Waals surface area contributed by atoms with Crippen LogP contribution in [0.2, 0.25) is 0 Å². The lowest BCUT2D eigenvalue weighted by atomic mass is 9.48. The number of hydrogen-bond donors (Lipinski definition) is 2. The van der Waals surface area contributed by atoms with Crippen LogP contribution in [0.3, 0.4) is 0 Å². The van der Waals surface area contributed by atoms with Crippen molar-refractivity contribution in [1.29, 1.82) is 15.8 Å². The molecule has 0 bridgehead atoms. The molecule has 1 aromatic rings. The van der Waals surface area contributed by atoms with Crippen LogP contribution in [-0.2, 0) is 10.2 Å². The summed E-state index contributed by atoms with van der Waals surface area (Å²) >= 11 is 0. The molecule has 0 saturated heterocycles. The van der Waals surface area contributed by atoms with E-state index in [1.807, 2.05) is 30.2 Å². The first kappa shape index (κ1) is 16.8. The standard InChI is InChI=1S/C20H16N6O/c1-26-7-6-12-13(8-21)17(24)19(10-22,11-23)20(15(12)9-26)14-4-2-3-5-16(14)25-18(20)27/h2-6,15H,7,9,24H2,1H3,(H,25,27). The number of para-hydroxylation sites is 1. The van der Waals surface area contributed by atoms with E-state index in [4.69, 9.17) is 5.73 Å². The number of nitriles is 3. The SMILES string of the molecule is CN1CC=C2C(C#N)=C(N)C(C#N)(C#N)C3(C(=O)Nc4ccccc43)C2C1. The summed E-state index contributed by atoms with van der Waals surface area (Å²) in [6.07, 6.45) is 1.87. The van der Waals surface area contributed by atoms with E-state index in [-0.39, 0.29) is 11.3 Å². The second kappa shape index (κ2) is 5.45. The average Bonchev–Trinajstić information content (AvgIpc) is 2.97. The molecule has 0 aromatic heterocycles. The van der Waals surface area contributed by atoms with Gasteiger partial charge < -0.3 is 16.0 Å². The molecule has 2 atom stereocenters. The number of nitrogens with two attached hydrogens (primary N) is 1. The Balaban J connectivity index is 2.20. The summed E-state index contributed by atoms with van der Waals surface area (Å²) in [5.74, 6) is -0.973. The third kappa shape index (κ3) is 1.73. The molecule has 1 aliphatic carbocycles. The van der Waals surface area contributed by atoms with Gasteiger partial charge in [0.05, 0.1) is 23.4 Å². The summed E-state index contributed by atoms with van der Waals surface area (Å²) in [5.41, 5.74) is 4.56. The molecule has 2 unspecified atom stereocenters. The van der Waals surface area contributed by atoms with Gasteiger partial charge in [-0.2, -0.15) is 15.8 Å². The molecular weight excluding hydrogens is 340 g/mol. The van der Waals surface area contributed by atoms with Crippen LogP contribution in [0, 0.1) is 45.3 Å². The third-order valence-electron chi connectivity index (χ3n) is 5.97. The molecule has 7 heteroatoms. The molecular formula is C20H16N6O. The molecule has 0 radical (unpaired) electrons. The second-order valence-corrected chi connectivity index (χ2v) is 7.12. The fraction of sp³-hybridized carbons (Fsp3) is 0.300. The predicted octanol–water partition coefficient (Wildman–Crippen LogP) is 1.15. The van der Waals surface area contributed by atoms with Crippen LogP contribution in [0.1, 0.15) is 5.56 Å². The van der Waals surface area contributed by atoms with Gasteiger partial charge in [0.2, 0.25) is 11.3 Å². The van der Waals surface area contributed by atoms with E-state index < -0.39 is 22.7 Å². The molecule has 27 heavy (non-hydrogen) atoms. The van der Waals surface area contributed by atoms with Gasteiger partial charge in [0.1, 0.15) is 11.5 Å². The molecule has 2 aliphatic heterocycles. The van der Waals surface area contributed by atoms with Crippen molar-refractivity contribution < 1.29 is 4.79 Å². The molecule has 0 fully saturated rings. The Bertz CT molecular complexity index is 1050. The van der Waals surface area contributed by atoms with Crippen LogP contribution in [-0.4, -0.2) is 30.9 Å². The predicted molar refractivity (Wildman–Crippen MR) is 96.3 cm³/mol. The van der Waals surface area contributed by atoms with Gasteiger partial charge in [-0.3, -0.25) is 4.79 Å². The minimum atomic E-state index is -1.98. The molecule has 4 rings (SSSR count). The summed E-state index contributed by atoms with van der Waals surface area (Å²) in [6.45, 7) is 1.02. The molecule has 7 nitrogen and oxygen atoms in total. The quantitative estimate of drug-likeness (QED) is 0.717. The highest BCUT2D eigenvalue weighted by Gasteiger charge is 2.71. The van der Waals surface area contributed by atoms with Gasteiger partial charge in [-0.15, -0.1) is 0 Å². The van der Waals surface area contributed by atoms with E-state index in [1.54, 1.807) is 24.3 Å². The number of hydrogen-bond acceptors (Lipinski definition) is 6. The first-order valence-electron chi connectivity index (χ1n) is 8.50. The van der Waals surface area contributed by atoms with E-state index in [9.17, 15) is 20.6 Å². The topological polar surface area (TPSA) is 130 Å². The van der Waals surface area contributed by atoms with Crippen molar-refractivity contribution in [2.24, 2.45) is 17.1 Å². The highest BCUT2D eigenvalue weighted by molar-refractivity contribution is 6.09. The fourth-order valence-electron chi connectivity index (χ4n) is 4.79. The van der Waals surface area contributed by atoms with Gasteiger partial charge in [0, 0.05) is 24.7 Å². The number of likely N-dealkylation sites (N-methyl/N-ethyl adjacent to an activating group) is 1. The van der Waals surface area contributed by atoms with E-state index >= 15 is 0 Å². The minimum Gasteiger partial charge on any atom is -0.399 e. The number of carbonyl (C=O) groups is 1. The number of anilines is 1. The zero-order valence-corrected chi connectivity index (χ0v) is 14.7. The number of fused-ring (bicyclic) bond motifs is 4. The van der Waals surface area contributed by atoms with Gasteiger partial charge in [0.15, 0.2) is 0 Å². The Morgan fingerprint density at radius 1 is 1.26 bits per heavy atom. The Morgan fingerprint density at radius 3 is 2.63 bits per heavy atom. The largest absolute Gasteiger partial charge is 0.399 e. The zero-order chi connectivity index (χ0) is 19.4. The van der Waals surface area contributed by atoms with Gasteiger partial charge in [-0.1, -0.05) is 24.3 Å². The molecule has 0 saturated carbocycles. The Morgan fingerprint density at radius 2 is 1.96 bits per heavy atom. The lowest BCUT2D eigenvalue weighted by Crippen LogP contribution is -2.62. The molecule has 1 aromatic carbocycles. The Kier molecular flexibility index (Phi) is 3.40. The number of nitrogens with zero attached hydrogens (tertiary/aromatic N) is 4. The van der Waals surface area contributed by atoms with Crippen LogP contribution in [0.15, 0.2) is 47.2 Å². The summed E-state index contributed by atoms with van der Waals surface area (Å²) in [7, 11) is 1.90. The summed E-state index contributed by atoms with van der Waals surface area (Å²) in [5, 5.41) is 32.8. The molecule has 1 spiro atoms. The molecule has 132 valence electrons. The smallest absolute Gasteiger partial charge is 0.238 e. The normalized spacial score (nSPS) is 28.3. The van der Waals surface area contributed by atoms with Crippen molar-refractivity contribution in [2.45, 2.75) is 5.41 Å². The third-order valence-corrected chi connectivity index (χ3v) is 5.97. The summed E-state index contributed by atoms with van der Waals surface area (Å²) in [4.78, 5) is 15.4. The van der Waals surface area contributed by atoms with Gasteiger partial charge in [-0.05, 0) is 24.3 Å². The monoisotopic (exact) mass is 356 g/mol. The second-order valence-electron chi connectivity index (χ2n) is 7.12. The Labute approximate surface area is 156 Å². The average molecular weight is 356 g/mol. The maximum absolute atomic E-state index is 13.4. The number of rotatable bonds is 0. The maximum Gasteiger partial charge on any atom is 0.238 e. The van der Waals surface area contributed by atoms with Crippen molar-refractivity contribution in [3.05, 3.63) is 52.7 Å². The number of nitrogens with one attached hydrogen (secondary N) is 1. The van der Waals surface area contributed by atoms with E-state index in [0.29, 0.717) is 29.9 Å². The fourth-order valence-corrected chi connectivity index (χ4v) is 4.79.